The maximum absolute atomic E-state index is 3.55. The van der Waals surface area contributed by atoms with Crippen molar-refractivity contribution in [1.29, 1.82) is 0 Å². The minimum Gasteiger partial charge on any atom is -0.372 e. The smallest absolute Gasteiger partial charge is 0.0366 e. The summed E-state index contributed by atoms with van der Waals surface area (Å²) in [4.78, 5) is 4.89. The van der Waals surface area contributed by atoms with Crippen LogP contribution >= 0.6 is 0 Å². The molecule has 1 aromatic carbocycles. The largest absolute Gasteiger partial charge is 0.372 e. The average Bonchev–Trinajstić information content (AvgIpc) is 2.53. The lowest BCUT2D eigenvalue weighted by molar-refractivity contribution is 0.253. The van der Waals surface area contributed by atoms with Gasteiger partial charge in [-0.3, -0.25) is 0 Å². The van der Waals surface area contributed by atoms with Gasteiger partial charge in [0.15, 0.2) is 0 Å². The fraction of sp³-hybridized carbons (Fsp3) is 0.667. The van der Waals surface area contributed by atoms with Crippen LogP contribution in [0.5, 0.6) is 0 Å². The van der Waals surface area contributed by atoms with E-state index >= 15 is 0 Å². The summed E-state index contributed by atoms with van der Waals surface area (Å²) in [5.41, 5.74) is 2.75. The number of likely N-dealkylation sites (tertiary alicyclic amines) is 1. The van der Waals surface area contributed by atoms with Crippen LogP contribution in [0.4, 0.5) is 5.69 Å². The fourth-order valence-electron chi connectivity index (χ4n) is 3.28. The third-order valence-corrected chi connectivity index (χ3v) is 4.80. The number of rotatable bonds is 6. The van der Waals surface area contributed by atoms with E-state index in [2.05, 4.69) is 67.3 Å². The van der Waals surface area contributed by atoms with Gasteiger partial charge in [-0.15, -0.1) is 0 Å². The Morgan fingerprint density at radius 3 is 2.33 bits per heavy atom. The van der Waals surface area contributed by atoms with Crippen molar-refractivity contribution in [3.05, 3.63) is 29.8 Å². The molecule has 1 fully saturated rings. The minimum absolute atomic E-state index is 0.484. The maximum Gasteiger partial charge on any atom is 0.0366 e. The number of benzene rings is 1. The Hall–Kier alpha value is -1.06. The molecule has 0 saturated carbocycles. The van der Waals surface area contributed by atoms with Gasteiger partial charge in [-0.25, -0.2) is 0 Å². The lowest BCUT2D eigenvalue weighted by Crippen LogP contribution is -2.41. The highest BCUT2D eigenvalue weighted by molar-refractivity contribution is 5.48. The van der Waals surface area contributed by atoms with Crippen LogP contribution in [0.15, 0.2) is 24.3 Å². The lowest BCUT2D eigenvalue weighted by atomic mass is 10.0. The first-order valence-corrected chi connectivity index (χ1v) is 8.40. The molecule has 0 aliphatic carbocycles. The second-order valence-corrected chi connectivity index (χ2v) is 6.26. The third kappa shape index (κ3) is 4.21. The minimum atomic E-state index is 0.484. The monoisotopic (exact) mass is 289 g/mol. The summed E-state index contributed by atoms with van der Waals surface area (Å²) in [6, 6.07) is 10.3. The molecule has 1 N–H and O–H groups in total. The Kier molecular flexibility index (Phi) is 6.07. The van der Waals surface area contributed by atoms with Gasteiger partial charge in [-0.1, -0.05) is 26.0 Å². The zero-order chi connectivity index (χ0) is 15.2. The summed E-state index contributed by atoms with van der Waals surface area (Å²) in [6.45, 7) is 7.86. The first-order valence-electron chi connectivity index (χ1n) is 8.40. The van der Waals surface area contributed by atoms with Crippen molar-refractivity contribution < 1.29 is 0 Å². The molecule has 1 unspecified atom stereocenters. The second kappa shape index (κ2) is 7.81. The summed E-state index contributed by atoms with van der Waals surface area (Å²) in [5.74, 6) is 0. The van der Waals surface area contributed by atoms with Crippen molar-refractivity contribution in [2.45, 2.75) is 45.2 Å². The van der Waals surface area contributed by atoms with Crippen LogP contribution in [0.25, 0.3) is 0 Å². The van der Waals surface area contributed by atoms with Gasteiger partial charge in [0, 0.05) is 24.8 Å². The molecular formula is C18H31N3. The van der Waals surface area contributed by atoms with Crippen LogP contribution in [0.1, 0.15) is 44.7 Å². The Morgan fingerprint density at radius 1 is 1.19 bits per heavy atom. The quantitative estimate of drug-likeness (QED) is 0.867. The fourth-order valence-corrected chi connectivity index (χ4v) is 3.28. The molecule has 0 spiro atoms. The van der Waals surface area contributed by atoms with Gasteiger partial charge in [0.05, 0.1) is 0 Å². The molecular weight excluding hydrogens is 258 g/mol. The van der Waals surface area contributed by atoms with Gasteiger partial charge in [-0.2, -0.15) is 0 Å². The highest BCUT2D eigenvalue weighted by Crippen LogP contribution is 2.24. The molecule has 1 aliphatic heterocycles. The van der Waals surface area contributed by atoms with E-state index in [-0.39, 0.29) is 0 Å². The summed E-state index contributed by atoms with van der Waals surface area (Å²) < 4.78 is 0. The first kappa shape index (κ1) is 16.3. The number of hydrogen-bond acceptors (Lipinski definition) is 3. The number of hydrogen-bond donors (Lipinski definition) is 1. The number of nitrogens with zero attached hydrogens (tertiary/aromatic N) is 2. The highest BCUT2D eigenvalue weighted by atomic mass is 15.2. The average molecular weight is 289 g/mol. The van der Waals surface area contributed by atoms with Crippen molar-refractivity contribution >= 4 is 5.69 Å². The predicted molar refractivity (Wildman–Crippen MR) is 92.1 cm³/mol. The second-order valence-electron chi connectivity index (χ2n) is 6.26. The van der Waals surface area contributed by atoms with Crippen LogP contribution in [-0.4, -0.2) is 44.7 Å². The summed E-state index contributed by atoms with van der Waals surface area (Å²) in [6.07, 6.45) is 3.67. The summed E-state index contributed by atoms with van der Waals surface area (Å²) >= 11 is 0. The third-order valence-electron chi connectivity index (χ3n) is 4.80. The molecule has 1 aliphatic rings. The van der Waals surface area contributed by atoms with Crippen molar-refractivity contribution in [2.24, 2.45) is 0 Å². The van der Waals surface area contributed by atoms with Gasteiger partial charge in [0.25, 0.3) is 0 Å². The van der Waals surface area contributed by atoms with Gasteiger partial charge in [0.2, 0.25) is 0 Å². The lowest BCUT2D eigenvalue weighted by Gasteiger charge is -2.36. The van der Waals surface area contributed by atoms with E-state index in [0.717, 1.165) is 13.0 Å². The van der Waals surface area contributed by atoms with Crippen LogP contribution in [-0.2, 0) is 0 Å². The van der Waals surface area contributed by atoms with Gasteiger partial charge in [0.1, 0.15) is 0 Å². The van der Waals surface area contributed by atoms with Crippen LogP contribution in [0.2, 0.25) is 0 Å². The Morgan fingerprint density at radius 2 is 1.81 bits per heavy atom. The van der Waals surface area contributed by atoms with Crippen molar-refractivity contribution in [1.82, 2.24) is 10.2 Å². The molecule has 3 nitrogen and oxygen atoms in total. The van der Waals surface area contributed by atoms with Gasteiger partial charge in [-0.05, 0) is 63.6 Å². The normalized spacial score (nSPS) is 18.7. The van der Waals surface area contributed by atoms with Crippen LogP contribution < -0.4 is 10.2 Å². The molecule has 2 rings (SSSR count). The van der Waals surface area contributed by atoms with E-state index in [1.807, 2.05) is 0 Å². The van der Waals surface area contributed by atoms with E-state index in [0.29, 0.717) is 12.1 Å². The van der Waals surface area contributed by atoms with E-state index in [1.54, 1.807) is 0 Å². The summed E-state index contributed by atoms with van der Waals surface area (Å²) in [5, 5.41) is 3.55. The van der Waals surface area contributed by atoms with Gasteiger partial charge >= 0.3 is 0 Å². The van der Waals surface area contributed by atoms with Crippen molar-refractivity contribution in [3.63, 3.8) is 0 Å². The number of nitrogens with one attached hydrogen (secondary N) is 1. The van der Waals surface area contributed by atoms with E-state index in [9.17, 15) is 0 Å². The molecule has 0 bridgehead atoms. The Bertz CT molecular complexity index is 407. The van der Waals surface area contributed by atoms with Crippen LogP contribution in [0.3, 0.4) is 0 Å². The predicted octanol–water partition coefficient (Wildman–Crippen LogP) is 3.28. The van der Waals surface area contributed by atoms with E-state index < -0.39 is 0 Å². The molecule has 1 saturated heterocycles. The topological polar surface area (TPSA) is 18.5 Å². The van der Waals surface area contributed by atoms with Crippen molar-refractivity contribution in [2.75, 3.05) is 38.6 Å². The standard InChI is InChI=1S/C18H31N3/c1-5-18(19-6-2)15-7-9-16(10-8-15)21(4)17-11-13-20(3)14-12-17/h7-10,17-19H,5-6,11-14H2,1-4H3. The SMILES string of the molecule is CCNC(CC)c1ccc(N(C)C2CCN(C)CC2)cc1. The molecule has 0 amide bonds. The Labute approximate surface area is 130 Å². The van der Waals surface area contributed by atoms with E-state index in [1.165, 1.54) is 37.2 Å². The first-order chi connectivity index (χ1) is 10.2. The molecule has 118 valence electrons. The molecule has 3 heteroatoms. The molecule has 1 atom stereocenters. The Balaban J connectivity index is 2.00. The molecule has 1 aromatic rings. The zero-order valence-corrected chi connectivity index (χ0v) is 14.1. The number of piperidine rings is 1. The zero-order valence-electron chi connectivity index (χ0n) is 14.1. The maximum atomic E-state index is 3.55. The summed E-state index contributed by atoms with van der Waals surface area (Å²) in [7, 11) is 4.46. The van der Waals surface area contributed by atoms with Crippen molar-refractivity contribution in [3.8, 4) is 0 Å². The highest BCUT2D eigenvalue weighted by Gasteiger charge is 2.20. The molecule has 21 heavy (non-hydrogen) atoms. The van der Waals surface area contributed by atoms with Crippen LogP contribution in [0, 0.1) is 0 Å². The molecule has 0 aromatic heterocycles. The number of anilines is 1. The van der Waals surface area contributed by atoms with Gasteiger partial charge < -0.3 is 15.1 Å². The molecule has 0 radical (unpaired) electrons. The molecule has 1 heterocycles. The van der Waals surface area contributed by atoms with E-state index in [4.69, 9.17) is 0 Å².